The highest BCUT2D eigenvalue weighted by atomic mass is 79.9. The molecule has 0 aliphatic rings. The number of nitro groups is 1. The van der Waals surface area contributed by atoms with Crippen LogP contribution in [0.4, 0.5) is 11.4 Å². The van der Waals surface area contributed by atoms with Crippen molar-refractivity contribution in [3.05, 3.63) is 51.0 Å². The summed E-state index contributed by atoms with van der Waals surface area (Å²) in [5.74, 6) is 0.866. The summed E-state index contributed by atoms with van der Waals surface area (Å²) in [7, 11) is 1.91. The van der Waals surface area contributed by atoms with E-state index in [1.807, 2.05) is 24.7 Å². The molecule has 1 heterocycles. The summed E-state index contributed by atoms with van der Waals surface area (Å²) in [6, 6.07) is 4.91. The maximum atomic E-state index is 10.9. The van der Waals surface area contributed by atoms with Crippen LogP contribution in [0.3, 0.4) is 0 Å². The van der Waals surface area contributed by atoms with Crippen LogP contribution in [0, 0.1) is 10.1 Å². The Hall–Kier alpha value is -1.89. The number of benzene rings is 1. The molecule has 0 bridgehead atoms. The molecule has 1 unspecified atom stereocenters. The summed E-state index contributed by atoms with van der Waals surface area (Å²) in [5, 5.41) is 14.1. The third kappa shape index (κ3) is 2.93. The van der Waals surface area contributed by atoms with E-state index in [2.05, 4.69) is 26.2 Å². The Morgan fingerprint density at radius 1 is 1.53 bits per heavy atom. The number of rotatable bonds is 4. The first kappa shape index (κ1) is 13.5. The topological polar surface area (TPSA) is 73.0 Å². The number of aryl methyl sites for hydroxylation is 1. The molecule has 0 saturated carbocycles. The molecule has 1 N–H and O–H groups in total. The molecule has 0 aliphatic carbocycles. The van der Waals surface area contributed by atoms with E-state index in [1.54, 1.807) is 18.3 Å². The largest absolute Gasteiger partial charge is 0.375 e. The minimum Gasteiger partial charge on any atom is -0.375 e. The lowest BCUT2D eigenvalue weighted by atomic mass is 10.2. The van der Waals surface area contributed by atoms with Crippen LogP contribution in [0.2, 0.25) is 0 Å². The number of imidazole rings is 1. The van der Waals surface area contributed by atoms with Gasteiger partial charge in [-0.1, -0.05) is 0 Å². The number of nitrogens with one attached hydrogen (secondary N) is 1. The summed E-state index contributed by atoms with van der Waals surface area (Å²) >= 11 is 3.16. The van der Waals surface area contributed by atoms with Gasteiger partial charge in [-0.15, -0.1) is 0 Å². The van der Waals surface area contributed by atoms with Crippen molar-refractivity contribution in [3.8, 4) is 0 Å². The molecular weight excluding hydrogens is 312 g/mol. The van der Waals surface area contributed by atoms with Gasteiger partial charge in [0.15, 0.2) is 0 Å². The molecule has 19 heavy (non-hydrogen) atoms. The Labute approximate surface area is 118 Å². The zero-order valence-electron chi connectivity index (χ0n) is 10.5. The van der Waals surface area contributed by atoms with Gasteiger partial charge in [0.1, 0.15) is 5.82 Å². The molecule has 0 amide bonds. The highest BCUT2D eigenvalue weighted by molar-refractivity contribution is 9.10. The van der Waals surface area contributed by atoms with Crippen molar-refractivity contribution in [2.45, 2.75) is 13.0 Å². The molecule has 100 valence electrons. The standard InChI is InChI=1S/C12H13BrN4O2/c1-8(12-14-5-6-16(12)2)15-9-3-4-10(13)11(7-9)17(18)19/h3-8,15H,1-2H3. The molecule has 0 fully saturated rings. The number of aromatic nitrogens is 2. The maximum absolute atomic E-state index is 10.9. The quantitative estimate of drug-likeness (QED) is 0.692. The second-order valence-electron chi connectivity index (χ2n) is 4.19. The van der Waals surface area contributed by atoms with E-state index in [1.165, 1.54) is 6.07 Å². The Morgan fingerprint density at radius 3 is 2.84 bits per heavy atom. The highest BCUT2D eigenvalue weighted by Crippen LogP contribution is 2.29. The van der Waals surface area contributed by atoms with Crippen LogP contribution < -0.4 is 5.32 Å². The van der Waals surface area contributed by atoms with Crippen LogP contribution in [0.1, 0.15) is 18.8 Å². The SMILES string of the molecule is CC(Nc1ccc(Br)c([N+](=O)[O-])c1)c1nccn1C. The molecular formula is C12H13BrN4O2. The minimum atomic E-state index is -0.416. The van der Waals surface area contributed by atoms with E-state index in [-0.39, 0.29) is 11.7 Å². The summed E-state index contributed by atoms with van der Waals surface area (Å²) in [4.78, 5) is 14.7. The van der Waals surface area contributed by atoms with Crippen LogP contribution >= 0.6 is 15.9 Å². The molecule has 1 aromatic heterocycles. The predicted octanol–water partition coefficient (Wildman–Crippen LogP) is 3.26. The summed E-state index contributed by atoms with van der Waals surface area (Å²) < 4.78 is 2.37. The second-order valence-corrected chi connectivity index (χ2v) is 5.04. The van der Waals surface area contributed by atoms with Crippen molar-refractivity contribution in [3.63, 3.8) is 0 Å². The first-order valence-electron chi connectivity index (χ1n) is 5.66. The first-order chi connectivity index (χ1) is 8.99. The molecule has 0 aliphatic heterocycles. The van der Waals surface area contributed by atoms with Gasteiger partial charge >= 0.3 is 0 Å². The number of anilines is 1. The van der Waals surface area contributed by atoms with Gasteiger partial charge in [-0.05, 0) is 35.0 Å². The van der Waals surface area contributed by atoms with Crippen LogP contribution in [-0.4, -0.2) is 14.5 Å². The summed E-state index contributed by atoms with van der Waals surface area (Å²) in [6.07, 6.45) is 3.58. The Balaban J connectivity index is 2.22. The average molecular weight is 325 g/mol. The van der Waals surface area contributed by atoms with Gasteiger partial charge in [-0.2, -0.15) is 0 Å². The highest BCUT2D eigenvalue weighted by Gasteiger charge is 2.15. The molecule has 0 radical (unpaired) electrons. The number of hydrogen-bond acceptors (Lipinski definition) is 4. The lowest BCUT2D eigenvalue weighted by Crippen LogP contribution is -2.11. The third-order valence-electron chi connectivity index (χ3n) is 2.77. The number of hydrogen-bond donors (Lipinski definition) is 1. The molecule has 6 nitrogen and oxygen atoms in total. The average Bonchev–Trinajstić information content (AvgIpc) is 2.77. The van der Waals surface area contributed by atoms with Crippen LogP contribution in [0.25, 0.3) is 0 Å². The van der Waals surface area contributed by atoms with Crippen molar-refractivity contribution >= 4 is 27.3 Å². The first-order valence-corrected chi connectivity index (χ1v) is 6.46. The third-order valence-corrected chi connectivity index (χ3v) is 3.44. The fourth-order valence-corrected chi connectivity index (χ4v) is 2.24. The summed E-state index contributed by atoms with van der Waals surface area (Å²) in [6.45, 7) is 1.95. The molecule has 0 spiro atoms. The van der Waals surface area contributed by atoms with Gasteiger partial charge in [0.05, 0.1) is 15.4 Å². The zero-order chi connectivity index (χ0) is 14.0. The second kappa shape index (κ2) is 5.40. The zero-order valence-corrected chi connectivity index (χ0v) is 12.1. The Bertz CT molecular complexity index is 612. The Kier molecular flexibility index (Phi) is 3.84. The molecule has 1 atom stereocenters. The van der Waals surface area contributed by atoms with Crippen molar-refractivity contribution < 1.29 is 4.92 Å². The molecule has 2 rings (SSSR count). The van der Waals surface area contributed by atoms with Gasteiger partial charge in [-0.3, -0.25) is 10.1 Å². The number of nitro benzene ring substituents is 1. The van der Waals surface area contributed by atoms with E-state index < -0.39 is 4.92 Å². The lowest BCUT2D eigenvalue weighted by Gasteiger charge is -2.15. The van der Waals surface area contributed by atoms with Gasteiger partial charge in [0.25, 0.3) is 5.69 Å². The van der Waals surface area contributed by atoms with Crippen molar-refractivity contribution in [1.82, 2.24) is 9.55 Å². The molecule has 1 aromatic carbocycles. The van der Waals surface area contributed by atoms with Crippen molar-refractivity contribution in [2.24, 2.45) is 7.05 Å². The van der Waals surface area contributed by atoms with Gasteiger partial charge in [-0.25, -0.2) is 4.98 Å². The van der Waals surface area contributed by atoms with E-state index in [0.29, 0.717) is 10.2 Å². The number of halogens is 1. The molecule has 0 saturated heterocycles. The van der Waals surface area contributed by atoms with E-state index >= 15 is 0 Å². The van der Waals surface area contributed by atoms with E-state index in [4.69, 9.17) is 0 Å². The molecule has 2 aromatic rings. The number of nitrogens with zero attached hydrogens (tertiary/aromatic N) is 3. The van der Waals surface area contributed by atoms with Crippen LogP contribution in [0.15, 0.2) is 35.1 Å². The minimum absolute atomic E-state index is 0.0389. The predicted molar refractivity (Wildman–Crippen MR) is 76.0 cm³/mol. The van der Waals surface area contributed by atoms with E-state index in [9.17, 15) is 10.1 Å². The van der Waals surface area contributed by atoms with Crippen molar-refractivity contribution in [1.29, 1.82) is 0 Å². The lowest BCUT2D eigenvalue weighted by molar-refractivity contribution is -0.385. The maximum Gasteiger partial charge on any atom is 0.285 e. The van der Waals surface area contributed by atoms with Crippen LogP contribution in [0.5, 0.6) is 0 Å². The molecule has 7 heteroatoms. The van der Waals surface area contributed by atoms with Crippen LogP contribution in [-0.2, 0) is 7.05 Å². The van der Waals surface area contributed by atoms with Gasteiger partial charge in [0.2, 0.25) is 0 Å². The fourth-order valence-electron chi connectivity index (χ4n) is 1.85. The fraction of sp³-hybridized carbons (Fsp3) is 0.250. The normalized spacial score (nSPS) is 12.2. The Morgan fingerprint density at radius 2 is 2.26 bits per heavy atom. The smallest absolute Gasteiger partial charge is 0.285 e. The van der Waals surface area contributed by atoms with E-state index in [0.717, 1.165) is 5.82 Å². The van der Waals surface area contributed by atoms with Gasteiger partial charge < -0.3 is 9.88 Å². The van der Waals surface area contributed by atoms with Gasteiger partial charge in [0, 0.05) is 31.2 Å². The van der Waals surface area contributed by atoms with Crippen molar-refractivity contribution in [2.75, 3.05) is 5.32 Å². The monoisotopic (exact) mass is 324 g/mol. The summed E-state index contributed by atoms with van der Waals surface area (Å²) in [5.41, 5.74) is 0.724.